The molecule has 4 rings (SSSR count). The zero-order valence-electron chi connectivity index (χ0n) is 15.5. The fourth-order valence-corrected chi connectivity index (χ4v) is 3.06. The Morgan fingerprint density at radius 1 is 0.900 bits per heavy atom. The van der Waals surface area contributed by atoms with Crippen molar-refractivity contribution in [3.8, 4) is 16.9 Å². The summed E-state index contributed by atoms with van der Waals surface area (Å²) < 4.78 is 40.6. The number of alkyl halides is 3. The number of aliphatic imine (C=N–C) groups is 1. The Hall–Kier alpha value is -3.38. The average molecular weight is 426 g/mol. The van der Waals surface area contributed by atoms with Crippen LogP contribution < -0.4 is 0 Å². The van der Waals surface area contributed by atoms with Gasteiger partial charge in [-0.3, -0.25) is 4.99 Å². The van der Waals surface area contributed by atoms with Crippen LogP contribution in [-0.2, 0) is 6.18 Å². The number of rotatable bonds is 4. The molecule has 0 amide bonds. The van der Waals surface area contributed by atoms with Crippen LogP contribution in [0.1, 0.15) is 11.1 Å². The standard InChI is InChI=1S/C23H15ClF3N3/c24-19-11-9-16(10-12-19)22-17(15-30(29-22)21-7-2-1-3-8-21)14-28-20-6-4-5-18(13-20)23(25,26)27/h1-15H. The summed E-state index contributed by atoms with van der Waals surface area (Å²) >= 11 is 5.99. The lowest BCUT2D eigenvalue weighted by Crippen LogP contribution is -2.03. The molecule has 0 radical (unpaired) electrons. The van der Waals surface area contributed by atoms with Crippen LogP contribution in [0.5, 0.6) is 0 Å². The van der Waals surface area contributed by atoms with Gasteiger partial charge in [0.25, 0.3) is 0 Å². The molecule has 0 bridgehead atoms. The van der Waals surface area contributed by atoms with Crippen molar-refractivity contribution in [2.75, 3.05) is 0 Å². The fraction of sp³-hybridized carbons (Fsp3) is 0.0435. The van der Waals surface area contributed by atoms with Crippen molar-refractivity contribution in [2.24, 2.45) is 4.99 Å². The highest BCUT2D eigenvalue weighted by Gasteiger charge is 2.30. The molecule has 3 nitrogen and oxygen atoms in total. The minimum atomic E-state index is -4.42. The van der Waals surface area contributed by atoms with E-state index in [2.05, 4.69) is 10.1 Å². The average Bonchev–Trinajstić information content (AvgIpc) is 3.17. The maximum absolute atomic E-state index is 13.0. The van der Waals surface area contributed by atoms with E-state index in [1.54, 1.807) is 23.0 Å². The first-order valence-electron chi connectivity index (χ1n) is 9.02. The van der Waals surface area contributed by atoms with E-state index in [-0.39, 0.29) is 5.69 Å². The molecule has 7 heteroatoms. The summed E-state index contributed by atoms with van der Waals surface area (Å²) in [7, 11) is 0. The van der Waals surface area contributed by atoms with Gasteiger partial charge in [0.15, 0.2) is 0 Å². The van der Waals surface area contributed by atoms with Crippen LogP contribution in [-0.4, -0.2) is 16.0 Å². The van der Waals surface area contributed by atoms with Crippen LogP contribution in [0.25, 0.3) is 16.9 Å². The molecule has 1 aromatic heterocycles. The number of halogens is 4. The van der Waals surface area contributed by atoms with Gasteiger partial charge in [-0.1, -0.05) is 48.0 Å². The van der Waals surface area contributed by atoms with Crippen molar-refractivity contribution in [1.82, 2.24) is 9.78 Å². The first-order valence-corrected chi connectivity index (χ1v) is 9.40. The van der Waals surface area contributed by atoms with E-state index >= 15 is 0 Å². The van der Waals surface area contributed by atoms with Crippen molar-refractivity contribution < 1.29 is 13.2 Å². The van der Waals surface area contributed by atoms with Crippen molar-refractivity contribution in [1.29, 1.82) is 0 Å². The van der Waals surface area contributed by atoms with Crippen LogP contribution in [0, 0.1) is 0 Å². The van der Waals surface area contributed by atoms with Gasteiger partial charge in [0.05, 0.1) is 16.9 Å². The monoisotopic (exact) mass is 425 g/mol. The highest BCUT2D eigenvalue weighted by atomic mass is 35.5. The lowest BCUT2D eigenvalue weighted by atomic mass is 10.1. The minimum absolute atomic E-state index is 0.208. The van der Waals surface area contributed by atoms with Crippen LogP contribution >= 0.6 is 11.6 Å². The van der Waals surface area contributed by atoms with Crippen molar-refractivity contribution in [3.05, 3.63) is 101 Å². The first kappa shape index (κ1) is 19.9. The molecule has 0 saturated heterocycles. The predicted molar refractivity (Wildman–Crippen MR) is 113 cm³/mol. The second-order valence-corrected chi connectivity index (χ2v) is 6.96. The zero-order chi connectivity index (χ0) is 21.1. The number of hydrogen-bond donors (Lipinski definition) is 0. The fourth-order valence-electron chi connectivity index (χ4n) is 2.93. The van der Waals surface area contributed by atoms with Crippen molar-refractivity contribution in [3.63, 3.8) is 0 Å². The molecule has 0 saturated carbocycles. The molecule has 0 aliphatic rings. The van der Waals surface area contributed by atoms with E-state index in [0.29, 0.717) is 16.3 Å². The van der Waals surface area contributed by atoms with Gasteiger partial charge >= 0.3 is 6.18 Å². The Kier molecular flexibility index (Phi) is 5.42. The van der Waals surface area contributed by atoms with Gasteiger partial charge in [-0.15, -0.1) is 0 Å². The molecule has 0 aliphatic carbocycles. The molecular weight excluding hydrogens is 411 g/mol. The summed E-state index contributed by atoms with van der Waals surface area (Å²) in [6.07, 6.45) is -1.11. The molecule has 0 fully saturated rings. The molecule has 0 N–H and O–H groups in total. The van der Waals surface area contributed by atoms with Crippen LogP contribution in [0.3, 0.4) is 0 Å². The molecule has 0 atom stereocenters. The van der Waals surface area contributed by atoms with Crippen LogP contribution in [0.2, 0.25) is 5.02 Å². The largest absolute Gasteiger partial charge is 0.416 e. The highest BCUT2D eigenvalue weighted by Crippen LogP contribution is 2.31. The number of benzene rings is 3. The topological polar surface area (TPSA) is 30.2 Å². The third-order valence-corrected chi connectivity index (χ3v) is 4.66. The third-order valence-electron chi connectivity index (χ3n) is 4.41. The molecule has 0 spiro atoms. The van der Waals surface area contributed by atoms with Gasteiger partial charge in [0, 0.05) is 28.6 Å². The Labute approximate surface area is 176 Å². The lowest BCUT2D eigenvalue weighted by molar-refractivity contribution is -0.137. The highest BCUT2D eigenvalue weighted by molar-refractivity contribution is 6.30. The summed E-state index contributed by atoms with van der Waals surface area (Å²) in [5.74, 6) is 0. The summed E-state index contributed by atoms with van der Waals surface area (Å²) in [4.78, 5) is 4.26. The van der Waals surface area contributed by atoms with Crippen molar-refractivity contribution in [2.45, 2.75) is 6.18 Å². The summed E-state index contributed by atoms with van der Waals surface area (Å²) in [5.41, 5.74) is 2.45. The zero-order valence-corrected chi connectivity index (χ0v) is 16.3. The van der Waals surface area contributed by atoms with E-state index in [4.69, 9.17) is 11.6 Å². The van der Waals surface area contributed by atoms with E-state index in [1.165, 1.54) is 18.3 Å². The summed E-state index contributed by atoms with van der Waals surface area (Å²) in [5, 5.41) is 5.25. The summed E-state index contributed by atoms with van der Waals surface area (Å²) in [6, 6.07) is 21.6. The first-order chi connectivity index (χ1) is 14.4. The molecular formula is C23H15ClF3N3. The van der Waals surface area contributed by atoms with E-state index in [9.17, 15) is 13.2 Å². The van der Waals surface area contributed by atoms with E-state index in [1.807, 2.05) is 42.5 Å². The maximum atomic E-state index is 13.0. The number of nitrogens with zero attached hydrogens (tertiary/aromatic N) is 3. The van der Waals surface area contributed by atoms with Crippen LogP contribution in [0.4, 0.5) is 18.9 Å². The molecule has 3 aromatic carbocycles. The van der Waals surface area contributed by atoms with Gasteiger partial charge in [-0.25, -0.2) is 4.68 Å². The number of para-hydroxylation sites is 1. The molecule has 0 aliphatic heterocycles. The van der Waals surface area contributed by atoms with Crippen molar-refractivity contribution >= 4 is 23.5 Å². The van der Waals surface area contributed by atoms with E-state index in [0.717, 1.165) is 23.4 Å². The van der Waals surface area contributed by atoms with Gasteiger partial charge in [0.1, 0.15) is 5.69 Å². The normalized spacial score (nSPS) is 11.9. The molecule has 1 heterocycles. The minimum Gasteiger partial charge on any atom is -0.256 e. The molecule has 30 heavy (non-hydrogen) atoms. The SMILES string of the molecule is FC(F)(F)c1cccc(N=Cc2cn(-c3ccccc3)nc2-c2ccc(Cl)cc2)c1. The maximum Gasteiger partial charge on any atom is 0.416 e. The Balaban J connectivity index is 1.75. The molecule has 4 aromatic rings. The number of aromatic nitrogens is 2. The van der Waals surface area contributed by atoms with Crippen LogP contribution in [0.15, 0.2) is 90.1 Å². The van der Waals surface area contributed by atoms with Gasteiger partial charge in [0.2, 0.25) is 0 Å². The predicted octanol–water partition coefficient (Wildman–Crippen LogP) is 6.96. The number of hydrogen-bond acceptors (Lipinski definition) is 2. The Morgan fingerprint density at radius 2 is 1.63 bits per heavy atom. The molecule has 0 unspecified atom stereocenters. The Morgan fingerprint density at radius 3 is 2.33 bits per heavy atom. The summed E-state index contributed by atoms with van der Waals surface area (Å²) in [6.45, 7) is 0. The third kappa shape index (κ3) is 4.44. The van der Waals surface area contributed by atoms with Gasteiger partial charge in [-0.05, 0) is 42.5 Å². The second kappa shape index (κ2) is 8.16. The second-order valence-electron chi connectivity index (χ2n) is 6.53. The van der Waals surface area contributed by atoms with E-state index < -0.39 is 11.7 Å². The molecule has 150 valence electrons. The smallest absolute Gasteiger partial charge is 0.256 e. The lowest BCUT2D eigenvalue weighted by Gasteiger charge is -2.06. The van der Waals surface area contributed by atoms with Gasteiger partial charge in [-0.2, -0.15) is 18.3 Å². The quantitative estimate of drug-likeness (QED) is 0.325. The Bertz CT molecular complexity index is 1180. The van der Waals surface area contributed by atoms with Gasteiger partial charge < -0.3 is 0 Å².